The van der Waals surface area contributed by atoms with Crippen molar-refractivity contribution in [3.63, 3.8) is 0 Å². The zero-order valence-corrected chi connectivity index (χ0v) is 32.2. The molecule has 0 fully saturated rings. The van der Waals surface area contributed by atoms with E-state index < -0.39 is 8.22 Å². The van der Waals surface area contributed by atoms with E-state index >= 15 is 0 Å². The van der Waals surface area contributed by atoms with Crippen LogP contribution in [-0.2, 0) is 0 Å². The van der Waals surface area contributed by atoms with Gasteiger partial charge in [0.1, 0.15) is 0 Å². The van der Waals surface area contributed by atoms with E-state index in [0.29, 0.717) is 17.2 Å². The molecule has 10 aromatic rings. The molecule has 0 aliphatic carbocycles. The van der Waals surface area contributed by atoms with Gasteiger partial charge in [0.15, 0.2) is 25.4 Å². The van der Waals surface area contributed by atoms with Gasteiger partial charge in [-0.2, -0.15) is 0 Å². The first-order valence-electron chi connectivity index (χ1n) is 19.4. The Bertz CT molecular complexity index is 3010. The molecule has 8 aromatic carbocycles. The van der Waals surface area contributed by atoms with Crippen LogP contribution < -0.4 is 14.9 Å². The van der Waals surface area contributed by atoms with E-state index in [-0.39, 0.29) is 0 Å². The van der Waals surface area contributed by atoms with Crippen LogP contribution in [-0.4, -0.2) is 19.5 Å². The molecule has 0 amide bonds. The predicted molar refractivity (Wildman–Crippen MR) is 241 cm³/mol. The lowest BCUT2D eigenvalue weighted by molar-refractivity contribution is 1.10. The molecule has 1 atom stereocenters. The minimum atomic E-state index is -1.41. The third kappa shape index (κ3) is 5.82. The lowest BCUT2D eigenvalue weighted by Crippen LogP contribution is -2.27. The molecule has 58 heavy (non-hydrogen) atoms. The van der Waals surface area contributed by atoms with Crippen LogP contribution in [0.4, 0.5) is 22.7 Å². The Morgan fingerprint density at radius 3 is 1.40 bits per heavy atom. The molecule has 1 unspecified atom stereocenters. The summed E-state index contributed by atoms with van der Waals surface area (Å²) >= 11 is 0. The maximum absolute atomic E-state index is 5.34. The summed E-state index contributed by atoms with van der Waals surface area (Å²) in [7, 11) is -1.41. The molecule has 6 nitrogen and oxygen atoms in total. The van der Waals surface area contributed by atoms with Crippen molar-refractivity contribution in [2.75, 3.05) is 9.34 Å². The second-order valence-corrected chi connectivity index (χ2v) is 16.0. The van der Waals surface area contributed by atoms with Gasteiger partial charge in [-0.15, -0.1) is 0 Å². The normalized spacial score (nSPS) is 13.6. The van der Waals surface area contributed by atoms with Gasteiger partial charge >= 0.3 is 0 Å². The van der Waals surface area contributed by atoms with Crippen LogP contribution in [0.25, 0.3) is 61.4 Å². The second-order valence-electron chi connectivity index (χ2n) is 14.2. The standard InChI is InChI=1S/C51H35N6P/c1-6-18-36(19-7-1)49-52-50(37-20-8-2-9-21-37)54-51(53-49)58-56(41-24-12-4-13-25-41)47-33-31-39(35-48(47)57(58)42-26-14-5-15-27-42)38-30-32-46-44(34-38)43-28-16-17-29-45(43)55(46)40-22-10-3-11-23-40/h1-35H. The van der Waals surface area contributed by atoms with Gasteiger partial charge in [-0.1, -0.05) is 146 Å². The number of rotatable bonds is 7. The maximum atomic E-state index is 5.34. The predicted octanol–water partition coefficient (Wildman–Crippen LogP) is 12.9. The van der Waals surface area contributed by atoms with Crippen LogP contribution in [0.1, 0.15) is 0 Å². The summed E-state index contributed by atoms with van der Waals surface area (Å²) in [4.78, 5) is 15.7. The fraction of sp³-hybridized carbons (Fsp3) is 0. The fourth-order valence-electron chi connectivity index (χ4n) is 8.05. The lowest BCUT2D eigenvalue weighted by atomic mass is 10.0. The van der Waals surface area contributed by atoms with Crippen molar-refractivity contribution >= 4 is 58.3 Å². The SMILES string of the molecule is c1ccc(-c2nc(-c3ccccc3)nc(P3N(c4ccccc4)c4ccc(-c5ccc6c(c5)c5ccccc5n6-c5ccccc5)cc4N3c3ccccc3)n2)cc1. The lowest BCUT2D eigenvalue weighted by Gasteiger charge is -2.31. The molecular weight excluding hydrogens is 728 g/mol. The van der Waals surface area contributed by atoms with Crippen LogP contribution in [0.5, 0.6) is 0 Å². The highest BCUT2D eigenvalue weighted by atomic mass is 31.1. The van der Waals surface area contributed by atoms with Crippen molar-refractivity contribution in [1.82, 2.24) is 19.5 Å². The molecule has 274 valence electrons. The number of para-hydroxylation sites is 4. The highest BCUT2D eigenvalue weighted by Crippen LogP contribution is 2.65. The molecule has 3 heterocycles. The van der Waals surface area contributed by atoms with E-state index in [2.05, 4.69) is 190 Å². The van der Waals surface area contributed by atoms with Crippen LogP contribution in [0.15, 0.2) is 212 Å². The number of aromatic nitrogens is 4. The quantitative estimate of drug-likeness (QED) is 0.151. The number of hydrogen-bond acceptors (Lipinski definition) is 5. The summed E-state index contributed by atoms with van der Waals surface area (Å²) in [5.41, 5.74) is 12.7. The Hall–Kier alpha value is -7.40. The van der Waals surface area contributed by atoms with E-state index in [1.807, 2.05) is 36.4 Å². The summed E-state index contributed by atoms with van der Waals surface area (Å²) in [5.74, 6) is 1.29. The van der Waals surface area contributed by atoms with Gasteiger partial charge in [-0.05, 0) is 77.9 Å². The van der Waals surface area contributed by atoms with Crippen LogP contribution >= 0.6 is 8.22 Å². The Kier molecular flexibility index (Phi) is 8.34. The van der Waals surface area contributed by atoms with Gasteiger partial charge < -0.3 is 4.57 Å². The zero-order valence-electron chi connectivity index (χ0n) is 31.3. The first-order valence-corrected chi connectivity index (χ1v) is 20.6. The topological polar surface area (TPSA) is 50.1 Å². The Labute approximate surface area is 337 Å². The van der Waals surface area contributed by atoms with Crippen molar-refractivity contribution in [3.8, 4) is 39.6 Å². The second kappa shape index (κ2) is 14.3. The van der Waals surface area contributed by atoms with E-state index in [1.54, 1.807) is 0 Å². The molecule has 0 N–H and O–H groups in total. The summed E-state index contributed by atoms with van der Waals surface area (Å²) in [6.45, 7) is 0. The summed E-state index contributed by atoms with van der Waals surface area (Å²) in [6, 6.07) is 74.7. The van der Waals surface area contributed by atoms with Gasteiger partial charge in [0.05, 0.1) is 22.4 Å². The van der Waals surface area contributed by atoms with Crippen molar-refractivity contribution in [1.29, 1.82) is 0 Å². The smallest absolute Gasteiger partial charge is 0.199 e. The molecule has 7 heteroatoms. The molecule has 1 aliphatic rings. The number of nitrogens with zero attached hydrogens (tertiary/aromatic N) is 6. The largest absolute Gasteiger partial charge is 0.309 e. The molecular formula is C51H35N6P. The average molecular weight is 763 g/mol. The minimum absolute atomic E-state index is 0.646. The van der Waals surface area contributed by atoms with Crippen molar-refractivity contribution in [2.24, 2.45) is 0 Å². The molecule has 0 saturated heterocycles. The van der Waals surface area contributed by atoms with E-state index in [9.17, 15) is 0 Å². The third-order valence-corrected chi connectivity index (χ3v) is 12.9. The van der Waals surface area contributed by atoms with Gasteiger partial charge in [-0.3, -0.25) is 9.34 Å². The number of fused-ring (bicyclic) bond motifs is 4. The minimum Gasteiger partial charge on any atom is -0.309 e. The summed E-state index contributed by atoms with van der Waals surface area (Å²) < 4.78 is 7.23. The van der Waals surface area contributed by atoms with Gasteiger partial charge in [0.2, 0.25) is 0 Å². The molecule has 0 saturated carbocycles. The molecule has 0 bridgehead atoms. The van der Waals surface area contributed by atoms with Crippen molar-refractivity contribution in [3.05, 3.63) is 212 Å². The van der Waals surface area contributed by atoms with Gasteiger partial charge in [0.25, 0.3) is 0 Å². The first-order chi connectivity index (χ1) is 28.8. The Balaban J connectivity index is 1.13. The van der Waals surface area contributed by atoms with Crippen molar-refractivity contribution in [2.45, 2.75) is 0 Å². The number of hydrogen-bond donors (Lipinski definition) is 0. The van der Waals surface area contributed by atoms with E-state index in [1.165, 1.54) is 21.8 Å². The molecule has 1 aliphatic heterocycles. The highest BCUT2D eigenvalue weighted by Gasteiger charge is 2.42. The molecule has 11 rings (SSSR count). The van der Waals surface area contributed by atoms with E-state index in [4.69, 9.17) is 15.0 Å². The molecule has 0 spiro atoms. The number of benzene rings is 8. The van der Waals surface area contributed by atoms with Crippen LogP contribution in [0, 0.1) is 0 Å². The van der Waals surface area contributed by atoms with Crippen LogP contribution in [0.3, 0.4) is 0 Å². The summed E-state index contributed by atoms with van der Waals surface area (Å²) in [6.07, 6.45) is 0. The summed E-state index contributed by atoms with van der Waals surface area (Å²) in [5, 5.41) is 2.45. The van der Waals surface area contributed by atoms with Gasteiger partial charge in [0, 0.05) is 39.0 Å². The van der Waals surface area contributed by atoms with Crippen molar-refractivity contribution < 1.29 is 0 Å². The molecule has 2 aromatic heterocycles. The Morgan fingerprint density at radius 1 is 0.328 bits per heavy atom. The van der Waals surface area contributed by atoms with Crippen LogP contribution in [0.2, 0.25) is 0 Å². The monoisotopic (exact) mass is 762 g/mol. The van der Waals surface area contributed by atoms with Gasteiger partial charge in [-0.25, -0.2) is 15.0 Å². The number of anilines is 4. The maximum Gasteiger partial charge on any atom is 0.199 e. The van der Waals surface area contributed by atoms with E-state index in [0.717, 1.165) is 50.7 Å². The molecule has 0 radical (unpaired) electrons. The fourth-order valence-corrected chi connectivity index (χ4v) is 10.4. The zero-order chi connectivity index (χ0) is 38.4. The Morgan fingerprint density at radius 2 is 0.793 bits per heavy atom. The third-order valence-electron chi connectivity index (χ3n) is 10.7. The first kappa shape index (κ1) is 33.9. The average Bonchev–Trinajstić information content (AvgIpc) is 3.83. The highest BCUT2D eigenvalue weighted by molar-refractivity contribution is 7.69.